The molecule has 9 heteroatoms. The lowest BCUT2D eigenvalue weighted by Gasteiger charge is -2.33. The van der Waals surface area contributed by atoms with Crippen molar-refractivity contribution in [3.05, 3.63) is 64.9 Å². The third kappa shape index (κ3) is 5.57. The molecule has 0 aliphatic carbocycles. The Bertz CT molecular complexity index is 1070. The summed E-state index contributed by atoms with van der Waals surface area (Å²) >= 11 is 6.46. The van der Waals surface area contributed by atoms with Gasteiger partial charge in [0.2, 0.25) is 15.9 Å². The van der Waals surface area contributed by atoms with Crippen molar-refractivity contribution in [1.82, 2.24) is 14.5 Å². The quantitative estimate of drug-likeness (QED) is 0.636. The fourth-order valence-electron chi connectivity index (χ4n) is 4.71. The molecule has 0 aromatic heterocycles. The minimum Gasteiger partial charge on any atom is -0.354 e. The lowest BCUT2D eigenvalue weighted by Crippen LogP contribution is -2.46. The van der Waals surface area contributed by atoms with Crippen LogP contribution in [-0.4, -0.2) is 56.3 Å². The molecule has 2 aliphatic heterocycles. The molecule has 4 rings (SSSR count). The SMILES string of the molecule is O=C(NCC(c1ccccc1Cl)N1CCCC1)C1CCCN(S(=O)(=O)c2ccc(F)cc2)C1. The second kappa shape index (κ2) is 10.5. The van der Waals surface area contributed by atoms with Crippen molar-refractivity contribution < 1.29 is 17.6 Å². The van der Waals surface area contributed by atoms with Gasteiger partial charge in [0.15, 0.2) is 0 Å². The predicted molar refractivity (Wildman–Crippen MR) is 126 cm³/mol. The number of hydrogen-bond acceptors (Lipinski definition) is 4. The Labute approximate surface area is 199 Å². The molecule has 1 N–H and O–H groups in total. The Morgan fingerprint density at radius 2 is 1.76 bits per heavy atom. The highest BCUT2D eigenvalue weighted by Crippen LogP contribution is 2.30. The van der Waals surface area contributed by atoms with E-state index in [1.807, 2.05) is 24.3 Å². The van der Waals surface area contributed by atoms with E-state index in [1.165, 1.54) is 16.4 Å². The van der Waals surface area contributed by atoms with Crippen LogP contribution in [0, 0.1) is 11.7 Å². The minimum absolute atomic E-state index is 0.0206. The average molecular weight is 494 g/mol. The molecular weight excluding hydrogens is 465 g/mol. The molecule has 2 saturated heterocycles. The smallest absolute Gasteiger partial charge is 0.243 e. The maximum atomic E-state index is 13.2. The topological polar surface area (TPSA) is 69.7 Å². The Morgan fingerprint density at radius 3 is 2.45 bits per heavy atom. The summed E-state index contributed by atoms with van der Waals surface area (Å²) in [7, 11) is -3.78. The normalized spacial score (nSPS) is 21.1. The number of likely N-dealkylation sites (tertiary alicyclic amines) is 1. The molecule has 2 heterocycles. The monoisotopic (exact) mass is 493 g/mol. The summed E-state index contributed by atoms with van der Waals surface area (Å²) in [5, 5.41) is 3.74. The Hall–Kier alpha value is -2.00. The number of nitrogens with zero attached hydrogens (tertiary/aromatic N) is 2. The van der Waals surface area contributed by atoms with Gasteiger partial charge in [-0.2, -0.15) is 4.31 Å². The summed E-state index contributed by atoms with van der Waals surface area (Å²) in [6, 6.07) is 12.5. The van der Waals surface area contributed by atoms with Crippen LogP contribution in [0.25, 0.3) is 0 Å². The third-order valence-corrected chi connectivity index (χ3v) is 8.75. The van der Waals surface area contributed by atoms with Gasteiger partial charge >= 0.3 is 0 Å². The Kier molecular flexibility index (Phi) is 7.69. The number of amides is 1. The first-order valence-corrected chi connectivity index (χ1v) is 13.2. The maximum absolute atomic E-state index is 13.2. The number of benzene rings is 2. The van der Waals surface area contributed by atoms with Crippen molar-refractivity contribution in [3.63, 3.8) is 0 Å². The second-order valence-electron chi connectivity index (χ2n) is 8.68. The summed E-state index contributed by atoms with van der Waals surface area (Å²) in [4.78, 5) is 15.4. The highest BCUT2D eigenvalue weighted by molar-refractivity contribution is 7.89. The Balaban J connectivity index is 1.43. The molecule has 178 valence electrons. The van der Waals surface area contributed by atoms with Crippen molar-refractivity contribution in [2.24, 2.45) is 5.92 Å². The van der Waals surface area contributed by atoms with Crippen molar-refractivity contribution >= 4 is 27.5 Å². The van der Waals surface area contributed by atoms with Gasteiger partial charge in [-0.3, -0.25) is 9.69 Å². The summed E-state index contributed by atoms with van der Waals surface area (Å²) in [5.74, 6) is -1.07. The average Bonchev–Trinajstić information content (AvgIpc) is 3.35. The summed E-state index contributed by atoms with van der Waals surface area (Å²) < 4.78 is 40.5. The first-order chi connectivity index (χ1) is 15.9. The van der Waals surface area contributed by atoms with Gasteiger partial charge in [0, 0.05) is 24.7 Å². The fourth-order valence-corrected chi connectivity index (χ4v) is 6.49. The number of nitrogens with one attached hydrogen (secondary N) is 1. The van der Waals surface area contributed by atoms with Crippen LogP contribution in [0.4, 0.5) is 4.39 Å². The molecule has 2 aromatic carbocycles. The lowest BCUT2D eigenvalue weighted by atomic mass is 9.98. The van der Waals surface area contributed by atoms with E-state index in [9.17, 15) is 17.6 Å². The maximum Gasteiger partial charge on any atom is 0.243 e. The van der Waals surface area contributed by atoms with Crippen molar-refractivity contribution in [3.8, 4) is 0 Å². The highest BCUT2D eigenvalue weighted by atomic mass is 35.5. The molecule has 2 fully saturated rings. The van der Waals surface area contributed by atoms with Crippen LogP contribution in [0.5, 0.6) is 0 Å². The molecule has 2 aromatic rings. The van der Waals surface area contributed by atoms with Crippen molar-refractivity contribution in [2.75, 3.05) is 32.7 Å². The number of carbonyl (C=O) groups excluding carboxylic acids is 1. The molecule has 2 atom stereocenters. The van der Waals surface area contributed by atoms with Crippen LogP contribution in [0.3, 0.4) is 0 Å². The van der Waals surface area contributed by atoms with Gasteiger partial charge in [-0.15, -0.1) is 0 Å². The standard InChI is InChI=1S/C24H29ClFN3O3S/c25-22-8-2-1-7-21(22)23(28-13-3-4-14-28)16-27-24(30)18-6-5-15-29(17-18)33(31,32)20-11-9-19(26)10-12-20/h1-2,7-12,18,23H,3-6,13-17H2,(H,27,30). The van der Waals surface area contributed by atoms with E-state index < -0.39 is 21.8 Å². The van der Waals surface area contributed by atoms with Gasteiger partial charge in [0.25, 0.3) is 0 Å². The van der Waals surface area contributed by atoms with Crippen LogP contribution < -0.4 is 5.32 Å². The van der Waals surface area contributed by atoms with Gasteiger partial charge < -0.3 is 5.32 Å². The number of hydrogen-bond donors (Lipinski definition) is 1. The van der Waals surface area contributed by atoms with Gasteiger partial charge in [-0.05, 0) is 74.7 Å². The zero-order chi connectivity index (χ0) is 23.4. The molecule has 33 heavy (non-hydrogen) atoms. The summed E-state index contributed by atoms with van der Waals surface area (Å²) in [6.07, 6.45) is 3.46. The van der Waals surface area contributed by atoms with E-state index >= 15 is 0 Å². The van der Waals surface area contributed by atoms with E-state index in [1.54, 1.807) is 0 Å². The molecule has 0 saturated carbocycles. The summed E-state index contributed by atoms with van der Waals surface area (Å²) in [5.41, 5.74) is 0.991. The molecule has 2 aliphatic rings. The number of carbonyl (C=O) groups is 1. The molecule has 6 nitrogen and oxygen atoms in total. The summed E-state index contributed by atoms with van der Waals surface area (Å²) in [6.45, 7) is 2.80. The van der Waals surface area contributed by atoms with Crippen LogP contribution in [0.15, 0.2) is 53.4 Å². The van der Waals surface area contributed by atoms with Crippen LogP contribution in [0.2, 0.25) is 5.02 Å². The van der Waals surface area contributed by atoms with Crippen molar-refractivity contribution in [2.45, 2.75) is 36.6 Å². The zero-order valence-corrected chi connectivity index (χ0v) is 20.0. The zero-order valence-electron chi connectivity index (χ0n) is 18.4. The van der Waals surface area contributed by atoms with Gasteiger partial charge in [0.05, 0.1) is 16.9 Å². The molecular formula is C24H29ClFN3O3S. The van der Waals surface area contributed by atoms with Crippen LogP contribution >= 0.6 is 11.6 Å². The number of rotatable bonds is 7. The lowest BCUT2D eigenvalue weighted by molar-refractivity contribution is -0.126. The first-order valence-electron chi connectivity index (χ1n) is 11.4. The van der Waals surface area contributed by atoms with Crippen molar-refractivity contribution in [1.29, 1.82) is 0 Å². The van der Waals surface area contributed by atoms with E-state index in [2.05, 4.69) is 10.2 Å². The molecule has 2 unspecified atom stereocenters. The van der Waals surface area contributed by atoms with E-state index in [-0.39, 0.29) is 23.4 Å². The third-order valence-electron chi connectivity index (χ3n) is 6.52. The fraction of sp³-hybridized carbons (Fsp3) is 0.458. The number of sulfonamides is 1. The van der Waals surface area contributed by atoms with Gasteiger partial charge in [0.1, 0.15) is 5.82 Å². The molecule has 0 radical (unpaired) electrons. The first kappa shape index (κ1) is 24.1. The number of piperidine rings is 1. The Morgan fingerprint density at radius 1 is 1.06 bits per heavy atom. The van der Waals surface area contributed by atoms with E-state index in [4.69, 9.17) is 11.6 Å². The minimum atomic E-state index is -3.78. The molecule has 0 spiro atoms. The predicted octanol–water partition coefficient (Wildman–Crippen LogP) is 3.83. The number of halogens is 2. The van der Waals surface area contributed by atoms with Crippen LogP contribution in [0.1, 0.15) is 37.3 Å². The largest absolute Gasteiger partial charge is 0.354 e. The molecule has 1 amide bonds. The van der Waals surface area contributed by atoms with Crippen LogP contribution in [-0.2, 0) is 14.8 Å². The van der Waals surface area contributed by atoms with E-state index in [0.717, 1.165) is 43.6 Å². The van der Waals surface area contributed by atoms with E-state index in [0.29, 0.717) is 31.0 Å². The van der Waals surface area contributed by atoms with Gasteiger partial charge in [-0.25, -0.2) is 12.8 Å². The second-order valence-corrected chi connectivity index (χ2v) is 11.0. The highest BCUT2D eigenvalue weighted by Gasteiger charge is 2.34. The molecule has 0 bridgehead atoms. The van der Waals surface area contributed by atoms with Gasteiger partial charge in [-0.1, -0.05) is 29.8 Å².